The lowest BCUT2D eigenvalue weighted by molar-refractivity contribution is -0.0503. The molecule has 0 spiro atoms. The molecule has 0 aliphatic rings. The first-order chi connectivity index (χ1) is 13.1. The molecule has 0 unspecified atom stereocenters. The van der Waals surface area contributed by atoms with Gasteiger partial charge < -0.3 is 4.74 Å². The number of nitrogens with zero attached hydrogens (tertiary/aromatic N) is 4. The van der Waals surface area contributed by atoms with Crippen LogP contribution in [0.3, 0.4) is 0 Å². The van der Waals surface area contributed by atoms with Crippen molar-refractivity contribution in [3.8, 4) is 17.0 Å². The molecular weight excluding hydrogens is 350 g/mol. The van der Waals surface area contributed by atoms with Gasteiger partial charge in [-0.05, 0) is 25.1 Å². The van der Waals surface area contributed by atoms with Crippen LogP contribution in [-0.4, -0.2) is 26.0 Å². The van der Waals surface area contributed by atoms with E-state index < -0.39 is 6.61 Å². The van der Waals surface area contributed by atoms with Crippen molar-refractivity contribution in [1.29, 1.82) is 0 Å². The van der Waals surface area contributed by atoms with Gasteiger partial charge in [-0.2, -0.15) is 8.78 Å². The smallest absolute Gasteiger partial charge is 0.387 e. The number of pyridine rings is 1. The molecule has 136 valence electrons. The Kier molecular flexibility index (Phi) is 4.50. The number of benzene rings is 1. The molecule has 0 bridgehead atoms. The van der Waals surface area contributed by atoms with Gasteiger partial charge in [0.2, 0.25) is 0 Å². The number of fused-ring (bicyclic) bond motifs is 1. The molecule has 0 N–H and O–H groups in total. The predicted octanol–water partition coefficient (Wildman–Crippen LogP) is 4.29. The highest BCUT2D eigenvalue weighted by molar-refractivity contribution is 5.59. The second kappa shape index (κ2) is 7.11. The number of hydrogen-bond acceptors (Lipinski definition) is 4. The lowest BCUT2D eigenvalue weighted by Gasteiger charge is -2.11. The molecule has 0 saturated heterocycles. The summed E-state index contributed by atoms with van der Waals surface area (Å²) in [6.07, 6.45) is 7.43. The second-order valence-corrected chi connectivity index (χ2v) is 6.05. The van der Waals surface area contributed by atoms with Gasteiger partial charge in [0.15, 0.2) is 5.65 Å². The van der Waals surface area contributed by atoms with Crippen LogP contribution in [0.4, 0.5) is 8.78 Å². The topological polar surface area (TPSA) is 52.3 Å². The minimum atomic E-state index is -2.86. The molecule has 27 heavy (non-hydrogen) atoms. The number of para-hydroxylation sites is 1. The summed E-state index contributed by atoms with van der Waals surface area (Å²) in [5.41, 5.74) is 4.71. The molecule has 0 radical (unpaired) electrons. The van der Waals surface area contributed by atoms with E-state index in [1.165, 1.54) is 0 Å². The van der Waals surface area contributed by atoms with E-state index in [1.54, 1.807) is 42.9 Å². The zero-order valence-electron chi connectivity index (χ0n) is 14.5. The first-order valence-electron chi connectivity index (χ1n) is 8.38. The van der Waals surface area contributed by atoms with Crippen LogP contribution in [0.15, 0.2) is 61.2 Å². The Bertz CT molecular complexity index is 1080. The van der Waals surface area contributed by atoms with Crippen molar-refractivity contribution in [2.75, 3.05) is 0 Å². The van der Waals surface area contributed by atoms with Crippen molar-refractivity contribution in [3.63, 3.8) is 0 Å². The number of hydrogen-bond donors (Lipinski definition) is 0. The zero-order valence-corrected chi connectivity index (χ0v) is 14.5. The van der Waals surface area contributed by atoms with E-state index in [4.69, 9.17) is 0 Å². The fourth-order valence-electron chi connectivity index (χ4n) is 3.04. The maximum absolute atomic E-state index is 12.7. The van der Waals surface area contributed by atoms with Crippen LogP contribution >= 0.6 is 0 Å². The largest absolute Gasteiger partial charge is 0.435 e. The van der Waals surface area contributed by atoms with Gasteiger partial charge >= 0.3 is 6.61 Å². The summed E-state index contributed by atoms with van der Waals surface area (Å²) < 4.78 is 32.0. The Morgan fingerprint density at radius 3 is 2.74 bits per heavy atom. The van der Waals surface area contributed by atoms with Crippen LogP contribution in [-0.2, 0) is 6.42 Å². The molecule has 0 aliphatic heterocycles. The van der Waals surface area contributed by atoms with Gasteiger partial charge in [-0.3, -0.25) is 14.4 Å². The van der Waals surface area contributed by atoms with Gasteiger partial charge in [-0.15, -0.1) is 0 Å². The minimum Gasteiger partial charge on any atom is -0.435 e. The first kappa shape index (κ1) is 17.1. The molecule has 4 rings (SSSR count). The molecule has 5 nitrogen and oxygen atoms in total. The van der Waals surface area contributed by atoms with Crippen LogP contribution in [0.2, 0.25) is 0 Å². The number of aromatic nitrogens is 4. The molecular formula is C20H16F2N4O. The molecule has 7 heteroatoms. The molecule has 0 atom stereocenters. The van der Waals surface area contributed by atoms with Gasteiger partial charge in [-0.25, -0.2) is 4.98 Å². The second-order valence-electron chi connectivity index (χ2n) is 6.05. The monoisotopic (exact) mass is 366 g/mol. The van der Waals surface area contributed by atoms with Crippen molar-refractivity contribution in [2.45, 2.75) is 20.0 Å². The SMILES string of the molecule is Cc1nc2cnc(-c3cccnc3)cn2c1Cc1ccccc1OC(F)F. The van der Waals surface area contributed by atoms with Crippen LogP contribution in [0, 0.1) is 6.92 Å². The Morgan fingerprint density at radius 1 is 1.11 bits per heavy atom. The Balaban J connectivity index is 1.77. The fraction of sp³-hybridized carbons (Fsp3) is 0.150. The van der Waals surface area contributed by atoms with Crippen LogP contribution in [0.25, 0.3) is 16.9 Å². The minimum absolute atomic E-state index is 0.170. The van der Waals surface area contributed by atoms with Crippen molar-refractivity contribution in [2.24, 2.45) is 0 Å². The van der Waals surface area contributed by atoms with Crippen LogP contribution in [0.1, 0.15) is 17.0 Å². The number of rotatable bonds is 5. The van der Waals surface area contributed by atoms with Crippen molar-refractivity contribution >= 4 is 5.65 Å². The molecule has 0 saturated carbocycles. The molecule has 0 fully saturated rings. The van der Waals surface area contributed by atoms with Crippen molar-refractivity contribution < 1.29 is 13.5 Å². The maximum Gasteiger partial charge on any atom is 0.387 e. The normalized spacial score (nSPS) is 11.3. The average Bonchev–Trinajstić information content (AvgIpc) is 2.98. The number of imidazole rings is 1. The van der Waals surface area contributed by atoms with Crippen LogP contribution < -0.4 is 4.74 Å². The highest BCUT2D eigenvalue weighted by Crippen LogP contribution is 2.26. The van der Waals surface area contributed by atoms with E-state index in [1.807, 2.05) is 29.7 Å². The number of halogens is 2. The summed E-state index contributed by atoms with van der Waals surface area (Å²) in [6, 6.07) is 10.6. The standard InChI is InChI=1S/C20H16F2N4O/c1-13-17(9-14-5-2-3-7-18(14)27-20(21)22)26-12-16(24-11-19(26)25-13)15-6-4-8-23-10-15/h2-8,10-12,20H,9H2,1H3. The van der Waals surface area contributed by atoms with E-state index in [-0.39, 0.29) is 5.75 Å². The molecule has 4 aromatic rings. The van der Waals surface area contributed by atoms with E-state index in [9.17, 15) is 8.78 Å². The summed E-state index contributed by atoms with van der Waals surface area (Å²) in [7, 11) is 0. The summed E-state index contributed by atoms with van der Waals surface area (Å²) in [4.78, 5) is 13.1. The Morgan fingerprint density at radius 2 is 1.96 bits per heavy atom. The molecule has 0 amide bonds. The first-order valence-corrected chi connectivity index (χ1v) is 8.38. The van der Waals surface area contributed by atoms with E-state index in [0.717, 1.165) is 22.6 Å². The molecule has 3 aromatic heterocycles. The third kappa shape index (κ3) is 3.48. The zero-order chi connectivity index (χ0) is 18.8. The van der Waals surface area contributed by atoms with Gasteiger partial charge in [0.05, 0.1) is 23.3 Å². The third-order valence-electron chi connectivity index (χ3n) is 4.31. The summed E-state index contributed by atoms with van der Waals surface area (Å²) in [5.74, 6) is 0.170. The lowest BCUT2D eigenvalue weighted by atomic mass is 10.1. The van der Waals surface area contributed by atoms with E-state index in [2.05, 4.69) is 19.7 Å². The van der Waals surface area contributed by atoms with Gasteiger partial charge in [-0.1, -0.05) is 18.2 Å². The number of ether oxygens (including phenoxy) is 1. The van der Waals surface area contributed by atoms with Gasteiger partial charge in [0.25, 0.3) is 0 Å². The van der Waals surface area contributed by atoms with E-state index >= 15 is 0 Å². The quantitative estimate of drug-likeness (QED) is 0.529. The van der Waals surface area contributed by atoms with Gasteiger partial charge in [0, 0.05) is 36.1 Å². The lowest BCUT2D eigenvalue weighted by Crippen LogP contribution is -2.06. The predicted molar refractivity (Wildman–Crippen MR) is 96.8 cm³/mol. The molecule has 1 aromatic carbocycles. The highest BCUT2D eigenvalue weighted by atomic mass is 19.3. The number of alkyl halides is 2. The van der Waals surface area contributed by atoms with Crippen LogP contribution in [0.5, 0.6) is 5.75 Å². The average molecular weight is 366 g/mol. The van der Waals surface area contributed by atoms with Crippen molar-refractivity contribution in [3.05, 3.63) is 78.1 Å². The Hall–Kier alpha value is -3.35. The highest BCUT2D eigenvalue weighted by Gasteiger charge is 2.15. The summed E-state index contributed by atoms with van der Waals surface area (Å²) in [6.45, 7) is -0.973. The Labute approximate surface area is 154 Å². The van der Waals surface area contributed by atoms with E-state index in [0.29, 0.717) is 17.6 Å². The van der Waals surface area contributed by atoms with Gasteiger partial charge in [0.1, 0.15) is 5.75 Å². The molecule has 3 heterocycles. The third-order valence-corrected chi connectivity index (χ3v) is 4.31. The summed E-state index contributed by atoms with van der Waals surface area (Å²) >= 11 is 0. The van der Waals surface area contributed by atoms with Crippen molar-refractivity contribution in [1.82, 2.24) is 19.4 Å². The molecule has 0 aliphatic carbocycles. The fourth-order valence-corrected chi connectivity index (χ4v) is 3.04. The summed E-state index contributed by atoms with van der Waals surface area (Å²) in [5, 5.41) is 0. The number of aryl methyl sites for hydroxylation is 1. The maximum atomic E-state index is 12.7.